The van der Waals surface area contributed by atoms with Crippen molar-refractivity contribution in [1.82, 2.24) is 14.5 Å². The molecule has 0 spiro atoms. The molecule has 0 radical (unpaired) electrons. The Morgan fingerprint density at radius 3 is 2.33 bits per heavy atom. The molecule has 0 aliphatic heterocycles. The van der Waals surface area contributed by atoms with E-state index in [-0.39, 0.29) is 11.5 Å². The molecule has 3 aromatic carbocycles. The van der Waals surface area contributed by atoms with Crippen LogP contribution in [-0.2, 0) is 6.42 Å². The number of fused-ring (bicyclic) bond motifs is 1. The van der Waals surface area contributed by atoms with Gasteiger partial charge in [0.1, 0.15) is 5.82 Å². The van der Waals surface area contributed by atoms with E-state index in [4.69, 9.17) is 4.98 Å². The summed E-state index contributed by atoms with van der Waals surface area (Å²) >= 11 is 0. The van der Waals surface area contributed by atoms with E-state index in [2.05, 4.69) is 6.92 Å². The summed E-state index contributed by atoms with van der Waals surface area (Å²) in [7, 11) is 0. The number of rotatable bonds is 6. The van der Waals surface area contributed by atoms with Gasteiger partial charge < -0.3 is 4.90 Å². The van der Waals surface area contributed by atoms with Gasteiger partial charge in [0.25, 0.3) is 11.5 Å². The average molecular weight is 440 g/mol. The fourth-order valence-electron chi connectivity index (χ4n) is 4.29. The van der Waals surface area contributed by atoms with Crippen LogP contribution in [0.1, 0.15) is 54.1 Å². The van der Waals surface area contributed by atoms with E-state index in [0.717, 1.165) is 23.2 Å². The van der Waals surface area contributed by atoms with Crippen LogP contribution in [0.25, 0.3) is 16.6 Å². The molecule has 168 valence electrons. The van der Waals surface area contributed by atoms with Gasteiger partial charge in [-0.15, -0.1) is 0 Å². The van der Waals surface area contributed by atoms with E-state index in [1.54, 1.807) is 15.5 Å². The van der Waals surface area contributed by atoms with Gasteiger partial charge in [0.05, 0.1) is 22.6 Å². The van der Waals surface area contributed by atoms with Gasteiger partial charge in [0, 0.05) is 12.1 Å². The molecule has 1 unspecified atom stereocenters. The zero-order valence-electron chi connectivity index (χ0n) is 19.6. The van der Waals surface area contributed by atoms with Crippen molar-refractivity contribution in [3.05, 3.63) is 106 Å². The molecule has 1 atom stereocenters. The molecule has 4 aromatic rings. The van der Waals surface area contributed by atoms with Crippen molar-refractivity contribution in [3.8, 4) is 5.69 Å². The highest BCUT2D eigenvalue weighted by Crippen LogP contribution is 2.26. The third-order valence-electron chi connectivity index (χ3n) is 6.16. The smallest absolute Gasteiger partial charge is 0.266 e. The molecule has 0 aliphatic rings. The number of hydrogen-bond donors (Lipinski definition) is 0. The van der Waals surface area contributed by atoms with E-state index in [0.29, 0.717) is 28.8 Å². The predicted octanol–water partition coefficient (Wildman–Crippen LogP) is 5.48. The van der Waals surface area contributed by atoms with Crippen LogP contribution in [-0.4, -0.2) is 26.9 Å². The molecule has 1 amide bonds. The number of amides is 1. The topological polar surface area (TPSA) is 55.2 Å². The van der Waals surface area contributed by atoms with Gasteiger partial charge in [0.15, 0.2) is 0 Å². The number of hydrogen-bond acceptors (Lipinski definition) is 3. The molecule has 33 heavy (non-hydrogen) atoms. The second-order valence-electron chi connectivity index (χ2n) is 8.24. The number of para-hydroxylation sites is 2. The van der Waals surface area contributed by atoms with Gasteiger partial charge in [-0.2, -0.15) is 0 Å². The molecule has 0 saturated carbocycles. The maximum absolute atomic E-state index is 13.7. The maximum Gasteiger partial charge on any atom is 0.266 e. The largest absolute Gasteiger partial charge is 0.329 e. The van der Waals surface area contributed by atoms with E-state index in [1.165, 1.54) is 0 Å². The molecule has 5 nitrogen and oxygen atoms in total. The quantitative estimate of drug-likeness (QED) is 0.400. The summed E-state index contributed by atoms with van der Waals surface area (Å²) in [6, 6.07) is 22.4. The molecule has 1 heterocycles. The first-order valence-electron chi connectivity index (χ1n) is 11.4. The first-order valence-corrected chi connectivity index (χ1v) is 11.4. The van der Waals surface area contributed by atoms with Crippen LogP contribution >= 0.6 is 0 Å². The van der Waals surface area contributed by atoms with E-state index < -0.39 is 6.04 Å². The minimum atomic E-state index is -0.411. The fraction of sp³-hybridized carbons (Fsp3) is 0.250. The van der Waals surface area contributed by atoms with Crippen LogP contribution in [0.15, 0.2) is 77.6 Å². The number of carbonyl (C=O) groups is 1. The molecule has 0 fully saturated rings. The highest BCUT2D eigenvalue weighted by atomic mass is 16.2. The fourth-order valence-corrected chi connectivity index (χ4v) is 4.29. The number of carbonyl (C=O) groups excluding carboxylic acids is 1. The summed E-state index contributed by atoms with van der Waals surface area (Å²) in [6.45, 7) is 8.45. The Hall–Kier alpha value is -3.73. The molecular formula is C28H29N3O2. The molecule has 5 heteroatoms. The zero-order chi connectivity index (χ0) is 23.5. The van der Waals surface area contributed by atoms with Gasteiger partial charge in [-0.25, -0.2) is 4.98 Å². The van der Waals surface area contributed by atoms with Crippen molar-refractivity contribution in [1.29, 1.82) is 0 Å². The highest BCUT2D eigenvalue weighted by Gasteiger charge is 2.27. The number of aryl methyl sites for hydroxylation is 2. The lowest BCUT2D eigenvalue weighted by atomic mass is 10.1. The van der Waals surface area contributed by atoms with Crippen molar-refractivity contribution in [2.75, 3.05) is 6.54 Å². The molecule has 4 rings (SSSR count). The number of aromatic nitrogens is 2. The Bertz CT molecular complexity index is 1360. The lowest BCUT2D eigenvalue weighted by Crippen LogP contribution is -2.37. The SMILES string of the molecule is CCc1ccccc1-n1c(C(C)N(CC)C(=O)c2ccc(C)cc2)nc2ccccc2c1=O. The van der Waals surface area contributed by atoms with Crippen LogP contribution in [0, 0.1) is 6.92 Å². The predicted molar refractivity (Wildman–Crippen MR) is 133 cm³/mol. The van der Waals surface area contributed by atoms with Gasteiger partial charge in [-0.1, -0.05) is 55.0 Å². The Kier molecular flexibility index (Phi) is 6.40. The highest BCUT2D eigenvalue weighted by molar-refractivity contribution is 5.94. The van der Waals surface area contributed by atoms with Gasteiger partial charge >= 0.3 is 0 Å². The van der Waals surface area contributed by atoms with E-state index in [9.17, 15) is 9.59 Å². The summed E-state index contributed by atoms with van der Waals surface area (Å²) < 4.78 is 1.69. The van der Waals surface area contributed by atoms with Crippen LogP contribution in [0.3, 0.4) is 0 Å². The van der Waals surface area contributed by atoms with Gasteiger partial charge in [-0.3, -0.25) is 14.2 Å². The van der Waals surface area contributed by atoms with Gasteiger partial charge in [-0.05, 0) is 63.1 Å². The van der Waals surface area contributed by atoms with Crippen LogP contribution in [0.4, 0.5) is 0 Å². The molecule has 0 N–H and O–H groups in total. The van der Waals surface area contributed by atoms with E-state index >= 15 is 0 Å². The molecule has 0 saturated heterocycles. The summed E-state index contributed by atoms with van der Waals surface area (Å²) in [5, 5.41) is 0.562. The van der Waals surface area contributed by atoms with Crippen molar-refractivity contribution < 1.29 is 4.79 Å². The van der Waals surface area contributed by atoms with Crippen LogP contribution in [0.2, 0.25) is 0 Å². The van der Waals surface area contributed by atoms with E-state index in [1.807, 2.05) is 87.5 Å². The molecule has 0 bridgehead atoms. The summed E-state index contributed by atoms with van der Waals surface area (Å²) in [5.41, 5.74) is 4.10. The van der Waals surface area contributed by atoms with Crippen LogP contribution in [0.5, 0.6) is 0 Å². The summed E-state index contributed by atoms with van der Waals surface area (Å²) in [5.74, 6) is 0.477. The lowest BCUT2D eigenvalue weighted by molar-refractivity contribution is 0.0693. The molecular weight excluding hydrogens is 410 g/mol. The molecule has 1 aromatic heterocycles. The van der Waals surface area contributed by atoms with Crippen molar-refractivity contribution in [3.63, 3.8) is 0 Å². The normalized spacial score (nSPS) is 12.0. The number of benzene rings is 3. The minimum Gasteiger partial charge on any atom is -0.329 e. The van der Waals surface area contributed by atoms with Gasteiger partial charge in [0.2, 0.25) is 0 Å². The first-order chi connectivity index (χ1) is 16.0. The minimum absolute atomic E-state index is 0.0808. The van der Waals surface area contributed by atoms with Crippen LogP contribution < -0.4 is 5.56 Å². The number of nitrogens with zero attached hydrogens (tertiary/aromatic N) is 3. The summed E-state index contributed by atoms with van der Waals surface area (Å²) in [4.78, 5) is 33.8. The second-order valence-corrected chi connectivity index (χ2v) is 8.24. The standard InChI is InChI=1S/C28H29N3O2/c1-5-21-11-7-10-14-25(21)31-26(29-24-13-9-8-12-23(24)28(31)33)20(4)30(6-2)27(32)22-17-15-19(3)16-18-22/h7-18,20H,5-6H2,1-4H3. The average Bonchev–Trinajstić information content (AvgIpc) is 2.84. The third-order valence-corrected chi connectivity index (χ3v) is 6.16. The zero-order valence-corrected chi connectivity index (χ0v) is 19.6. The van der Waals surface area contributed by atoms with Crippen molar-refractivity contribution >= 4 is 16.8 Å². The first kappa shape index (κ1) is 22.5. The lowest BCUT2D eigenvalue weighted by Gasteiger charge is -2.30. The Labute approximate surface area is 194 Å². The Balaban J connectivity index is 1.92. The Morgan fingerprint density at radius 2 is 1.64 bits per heavy atom. The third kappa shape index (κ3) is 4.19. The van der Waals surface area contributed by atoms with Crippen molar-refractivity contribution in [2.24, 2.45) is 0 Å². The molecule has 0 aliphatic carbocycles. The van der Waals surface area contributed by atoms with Crippen molar-refractivity contribution in [2.45, 2.75) is 40.2 Å². The maximum atomic E-state index is 13.7. The summed E-state index contributed by atoms with van der Waals surface area (Å²) in [6.07, 6.45) is 0.781. The monoisotopic (exact) mass is 439 g/mol. The second kappa shape index (κ2) is 9.41. The Morgan fingerprint density at radius 1 is 0.970 bits per heavy atom.